The second-order valence-electron chi connectivity index (χ2n) is 4.03. The Hall–Kier alpha value is -1.48. The molecule has 0 spiro atoms. The highest BCUT2D eigenvalue weighted by molar-refractivity contribution is 9.10. The molecule has 0 aliphatic heterocycles. The Morgan fingerprint density at radius 3 is 2.61 bits per heavy atom. The highest BCUT2D eigenvalue weighted by atomic mass is 79.9. The van der Waals surface area contributed by atoms with E-state index in [0.29, 0.717) is 6.61 Å². The molecule has 0 aromatic heterocycles. The van der Waals surface area contributed by atoms with Crippen LogP contribution in [-0.2, 0) is 6.61 Å². The van der Waals surface area contributed by atoms with Crippen LogP contribution < -0.4 is 9.47 Å². The van der Waals surface area contributed by atoms with E-state index in [1.807, 2.05) is 49.4 Å². The van der Waals surface area contributed by atoms with Crippen LogP contribution in [-0.4, -0.2) is 7.11 Å². The van der Waals surface area contributed by atoms with Crippen molar-refractivity contribution in [3.8, 4) is 11.5 Å². The van der Waals surface area contributed by atoms with Gasteiger partial charge in [-0.15, -0.1) is 0 Å². The van der Waals surface area contributed by atoms with Crippen LogP contribution in [0.4, 0.5) is 0 Å². The summed E-state index contributed by atoms with van der Waals surface area (Å²) in [6.07, 6.45) is 0. The third kappa shape index (κ3) is 3.05. The van der Waals surface area contributed by atoms with Crippen LogP contribution in [0.15, 0.2) is 46.9 Å². The summed E-state index contributed by atoms with van der Waals surface area (Å²) in [4.78, 5) is 0. The summed E-state index contributed by atoms with van der Waals surface area (Å²) in [5.41, 5.74) is 2.20. The number of methoxy groups -OCH3 is 1. The maximum atomic E-state index is 5.79. The fourth-order valence-corrected chi connectivity index (χ4v) is 2.19. The van der Waals surface area contributed by atoms with E-state index in [1.165, 1.54) is 5.56 Å². The van der Waals surface area contributed by atoms with Crippen molar-refractivity contribution in [3.63, 3.8) is 0 Å². The molecule has 0 atom stereocenters. The first-order chi connectivity index (χ1) is 8.70. The fourth-order valence-electron chi connectivity index (χ4n) is 1.73. The summed E-state index contributed by atoms with van der Waals surface area (Å²) in [5.74, 6) is 1.70. The lowest BCUT2D eigenvalue weighted by atomic mass is 10.2. The van der Waals surface area contributed by atoms with Gasteiger partial charge in [-0.1, -0.05) is 34.1 Å². The van der Waals surface area contributed by atoms with Crippen LogP contribution in [0.1, 0.15) is 11.1 Å². The predicted octanol–water partition coefficient (Wildman–Crippen LogP) is 4.35. The Morgan fingerprint density at radius 1 is 1.11 bits per heavy atom. The summed E-state index contributed by atoms with van der Waals surface area (Å²) < 4.78 is 12.1. The number of hydrogen-bond acceptors (Lipinski definition) is 2. The lowest BCUT2D eigenvalue weighted by Gasteiger charge is -2.12. The first-order valence-electron chi connectivity index (χ1n) is 5.71. The number of rotatable bonds is 4. The van der Waals surface area contributed by atoms with Crippen molar-refractivity contribution in [2.75, 3.05) is 7.11 Å². The lowest BCUT2D eigenvalue weighted by molar-refractivity contribution is 0.295. The smallest absolute Gasteiger partial charge is 0.126 e. The molecule has 0 aliphatic carbocycles. The monoisotopic (exact) mass is 306 g/mol. The van der Waals surface area contributed by atoms with Gasteiger partial charge in [0.15, 0.2) is 0 Å². The van der Waals surface area contributed by atoms with E-state index in [0.717, 1.165) is 21.5 Å². The third-order valence-corrected chi connectivity index (χ3v) is 3.41. The predicted molar refractivity (Wildman–Crippen MR) is 76.2 cm³/mol. The van der Waals surface area contributed by atoms with Crippen molar-refractivity contribution in [2.45, 2.75) is 13.5 Å². The van der Waals surface area contributed by atoms with E-state index < -0.39 is 0 Å². The molecule has 3 heteroatoms. The molecule has 0 amide bonds. The molecule has 0 aliphatic rings. The fraction of sp³-hybridized carbons (Fsp3) is 0.200. The quantitative estimate of drug-likeness (QED) is 0.836. The van der Waals surface area contributed by atoms with Crippen LogP contribution in [0.2, 0.25) is 0 Å². The number of hydrogen-bond donors (Lipinski definition) is 0. The average Bonchev–Trinajstić information content (AvgIpc) is 2.37. The maximum absolute atomic E-state index is 5.79. The molecular weight excluding hydrogens is 292 g/mol. The van der Waals surface area contributed by atoms with Gasteiger partial charge in [-0.3, -0.25) is 0 Å². The van der Waals surface area contributed by atoms with Crippen molar-refractivity contribution in [2.24, 2.45) is 0 Å². The maximum Gasteiger partial charge on any atom is 0.126 e. The minimum absolute atomic E-state index is 0.480. The molecule has 2 nitrogen and oxygen atoms in total. The Morgan fingerprint density at radius 2 is 1.89 bits per heavy atom. The molecule has 0 heterocycles. The summed E-state index contributed by atoms with van der Waals surface area (Å²) in [6.45, 7) is 2.53. The van der Waals surface area contributed by atoms with E-state index in [4.69, 9.17) is 9.47 Å². The topological polar surface area (TPSA) is 18.5 Å². The van der Waals surface area contributed by atoms with Gasteiger partial charge in [0.25, 0.3) is 0 Å². The number of aryl methyl sites for hydroxylation is 1. The first kappa shape index (κ1) is 13.0. The Kier molecular flexibility index (Phi) is 4.26. The van der Waals surface area contributed by atoms with E-state index in [-0.39, 0.29) is 0 Å². The Balaban J connectivity index is 2.15. The molecule has 0 radical (unpaired) electrons. The van der Waals surface area contributed by atoms with Crippen molar-refractivity contribution in [3.05, 3.63) is 58.1 Å². The largest absolute Gasteiger partial charge is 0.496 e. The lowest BCUT2D eigenvalue weighted by Crippen LogP contribution is -1.99. The van der Waals surface area contributed by atoms with E-state index in [9.17, 15) is 0 Å². The Labute approximate surface area is 116 Å². The average molecular weight is 307 g/mol. The molecule has 0 fully saturated rings. The molecule has 2 rings (SSSR count). The molecule has 0 unspecified atom stereocenters. The SMILES string of the molecule is COc1cccc(Br)c1COc1cccc(C)c1. The molecule has 94 valence electrons. The highest BCUT2D eigenvalue weighted by Gasteiger charge is 2.07. The summed E-state index contributed by atoms with van der Waals surface area (Å²) in [7, 11) is 1.66. The van der Waals surface area contributed by atoms with Crippen molar-refractivity contribution in [1.82, 2.24) is 0 Å². The van der Waals surface area contributed by atoms with Crippen molar-refractivity contribution >= 4 is 15.9 Å². The third-order valence-electron chi connectivity index (χ3n) is 2.67. The second-order valence-corrected chi connectivity index (χ2v) is 4.88. The van der Waals surface area contributed by atoms with Crippen molar-refractivity contribution < 1.29 is 9.47 Å². The van der Waals surface area contributed by atoms with Gasteiger partial charge in [-0.05, 0) is 36.8 Å². The van der Waals surface area contributed by atoms with Gasteiger partial charge in [0.05, 0.1) is 7.11 Å². The molecule has 0 saturated heterocycles. The van der Waals surface area contributed by atoms with E-state index in [2.05, 4.69) is 15.9 Å². The highest BCUT2D eigenvalue weighted by Crippen LogP contribution is 2.28. The second kappa shape index (κ2) is 5.91. The van der Waals surface area contributed by atoms with Gasteiger partial charge < -0.3 is 9.47 Å². The summed E-state index contributed by atoms with van der Waals surface area (Å²) in [5, 5.41) is 0. The van der Waals surface area contributed by atoms with Crippen molar-refractivity contribution in [1.29, 1.82) is 0 Å². The van der Waals surface area contributed by atoms with Gasteiger partial charge in [0.2, 0.25) is 0 Å². The van der Waals surface area contributed by atoms with E-state index >= 15 is 0 Å². The molecule has 0 N–H and O–H groups in total. The molecule has 2 aromatic carbocycles. The van der Waals surface area contributed by atoms with Gasteiger partial charge in [-0.2, -0.15) is 0 Å². The summed E-state index contributed by atoms with van der Waals surface area (Å²) in [6, 6.07) is 13.9. The van der Waals surface area contributed by atoms with Crippen LogP contribution in [0.5, 0.6) is 11.5 Å². The minimum atomic E-state index is 0.480. The molecule has 0 saturated carbocycles. The van der Waals surface area contributed by atoms with Crippen LogP contribution in [0.25, 0.3) is 0 Å². The first-order valence-corrected chi connectivity index (χ1v) is 6.51. The standard InChI is InChI=1S/C15H15BrO2/c1-11-5-3-6-12(9-11)18-10-13-14(16)7-4-8-15(13)17-2/h3-9H,10H2,1-2H3. The number of halogens is 1. The van der Waals surface area contributed by atoms with Crippen LogP contribution in [0.3, 0.4) is 0 Å². The van der Waals surface area contributed by atoms with Gasteiger partial charge in [0, 0.05) is 10.0 Å². The van der Waals surface area contributed by atoms with Gasteiger partial charge in [-0.25, -0.2) is 0 Å². The van der Waals surface area contributed by atoms with E-state index in [1.54, 1.807) is 7.11 Å². The zero-order chi connectivity index (χ0) is 13.0. The summed E-state index contributed by atoms with van der Waals surface area (Å²) >= 11 is 3.52. The number of ether oxygens (including phenoxy) is 2. The zero-order valence-corrected chi connectivity index (χ0v) is 12.0. The molecule has 18 heavy (non-hydrogen) atoms. The van der Waals surface area contributed by atoms with Crippen LogP contribution >= 0.6 is 15.9 Å². The van der Waals surface area contributed by atoms with Gasteiger partial charge in [0.1, 0.15) is 18.1 Å². The minimum Gasteiger partial charge on any atom is -0.496 e. The Bertz CT molecular complexity index is 538. The normalized spacial score (nSPS) is 10.2. The molecule has 2 aromatic rings. The zero-order valence-electron chi connectivity index (χ0n) is 10.4. The molecule has 0 bridgehead atoms. The van der Waals surface area contributed by atoms with Crippen LogP contribution in [0, 0.1) is 6.92 Å². The molecular formula is C15H15BrO2. The van der Waals surface area contributed by atoms with Gasteiger partial charge >= 0.3 is 0 Å². The number of benzene rings is 2.